The van der Waals surface area contributed by atoms with Crippen molar-refractivity contribution < 1.29 is 4.79 Å². The van der Waals surface area contributed by atoms with Gasteiger partial charge >= 0.3 is 0 Å². The van der Waals surface area contributed by atoms with Crippen LogP contribution in [0.1, 0.15) is 19.8 Å². The number of carbonyl (C=O) groups is 1. The van der Waals surface area contributed by atoms with E-state index in [-0.39, 0.29) is 5.78 Å². The van der Waals surface area contributed by atoms with Gasteiger partial charge < -0.3 is 0 Å². The average Bonchev–Trinajstić information content (AvgIpc) is 2.17. The van der Waals surface area contributed by atoms with Crippen LogP contribution in [0.3, 0.4) is 0 Å². The molecule has 1 nitrogen and oxygen atoms in total. The third kappa shape index (κ3) is 1.53. The van der Waals surface area contributed by atoms with E-state index in [9.17, 15) is 4.79 Å². The molecule has 0 aliphatic heterocycles. The minimum atomic E-state index is 0.137. The fraction of sp³-hybridized carbons (Fsp3) is 0.375. The van der Waals surface area contributed by atoms with Gasteiger partial charge in [-0.25, -0.2) is 0 Å². The number of hydrogen-bond acceptors (Lipinski definition) is 1. The molecule has 0 fully saturated rings. The van der Waals surface area contributed by atoms with Gasteiger partial charge in [0.25, 0.3) is 0 Å². The lowest BCUT2D eigenvalue weighted by atomic mass is 10.2. The number of rotatable bonds is 2. The van der Waals surface area contributed by atoms with Crippen LogP contribution in [0.2, 0.25) is 0 Å². The monoisotopic (exact) mass is 122 g/mol. The largest absolute Gasteiger partial charge is 0.290 e. The Morgan fingerprint density at radius 3 is 2.67 bits per heavy atom. The van der Waals surface area contributed by atoms with Crippen molar-refractivity contribution in [2.24, 2.45) is 0 Å². The molecule has 0 N–H and O–H groups in total. The number of allylic oxidation sites excluding steroid dienone is 4. The molecule has 0 bridgehead atoms. The molecule has 0 amide bonds. The second-order valence-corrected chi connectivity index (χ2v) is 2.20. The quantitative estimate of drug-likeness (QED) is 0.546. The molecule has 0 heterocycles. The average molecular weight is 122 g/mol. The van der Waals surface area contributed by atoms with E-state index in [1.54, 1.807) is 12.2 Å². The van der Waals surface area contributed by atoms with Gasteiger partial charge in [-0.05, 0) is 24.1 Å². The van der Waals surface area contributed by atoms with E-state index in [1.165, 1.54) is 5.57 Å². The summed E-state index contributed by atoms with van der Waals surface area (Å²) in [6.45, 7) is 2.11. The number of carbonyl (C=O) groups excluding carboxylic acids is 1. The van der Waals surface area contributed by atoms with Crippen LogP contribution in [-0.4, -0.2) is 5.78 Å². The second-order valence-electron chi connectivity index (χ2n) is 2.20. The lowest BCUT2D eigenvalue weighted by Crippen LogP contribution is -1.78. The summed E-state index contributed by atoms with van der Waals surface area (Å²) in [5.41, 5.74) is 1.17. The minimum Gasteiger partial charge on any atom is -0.290 e. The van der Waals surface area contributed by atoms with E-state index >= 15 is 0 Å². The van der Waals surface area contributed by atoms with Gasteiger partial charge in [0.1, 0.15) is 0 Å². The molecule has 0 radical (unpaired) electrons. The second kappa shape index (κ2) is 2.62. The van der Waals surface area contributed by atoms with Crippen LogP contribution < -0.4 is 0 Å². The molecule has 0 aromatic rings. The summed E-state index contributed by atoms with van der Waals surface area (Å²) in [5, 5.41) is 0. The zero-order valence-corrected chi connectivity index (χ0v) is 5.55. The summed E-state index contributed by atoms with van der Waals surface area (Å²) in [5.74, 6) is 0.137. The highest BCUT2D eigenvalue weighted by Gasteiger charge is 2.01. The fourth-order valence-electron chi connectivity index (χ4n) is 0.912. The van der Waals surface area contributed by atoms with Crippen molar-refractivity contribution in [3.63, 3.8) is 0 Å². The predicted molar refractivity (Wildman–Crippen MR) is 37.1 cm³/mol. The van der Waals surface area contributed by atoms with Gasteiger partial charge in [0.2, 0.25) is 0 Å². The Hall–Kier alpha value is -0.850. The van der Waals surface area contributed by atoms with Gasteiger partial charge in [0.15, 0.2) is 5.78 Å². The third-order valence-electron chi connectivity index (χ3n) is 1.33. The summed E-state index contributed by atoms with van der Waals surface area (Å²) in [6, 6.07) is 0. The van der Waals surface area contributed by atoms with Crippen molar-refractivity contribution in [2.75, 3.05) is 0 Å². The van der Waals surface area contributed by atoms with Crippen LogP contribution in [0.25, 0.3) is 0 Å². The highest BCUT2D eigenvalue weighted by Crippen LogP contribution is 2.11. The van der Waals surface area contributed by atoms with Crippen molar-refractivity contribution in [1.82, 2.24) is 0 Å². The Morgan fingerprint density at radius 2 is 2.22 bits per heavy atom. The highest BCUT2D eigenvalue weighted by atomic mass is 16.1. The van der Waals surface area contributed by atoms with E-state index in [0.717, 1.165) is 12.8 Å². The third-order valence-corrected chi connectivity index (χ3v) is 1.33. The molecule has 0 atom stereocenters. The van der Waals surface area contributed by atoms with E-state index in [0.29, 0.717) is 0 Å². The van der Waals surface area contributed by atoms with Crippen LogP contribution in [0, 0.1) is 0 Å². The van der Waals surface area contributed by atoms with E-state index in [1.807, 2.05) is 6.08 Å². The topological polar surface area (TPSA) is 17.1 Å². The fourth-order valence-corrected chi connectivity index (χ4v) is 0.912. The van der Waals surface area contributed by atoms with Gasteiger partial charge in [-0.15, -0.1) is 0 Å². The van der Waals surface area contributed by atoms with Gasteiger partial charge in [0, 0.05) is 0 Å². The predicted octanol–water partition coefficient (Wildman–Crippen LogP) is 1.85. The van der Waals surface area contributed by atoms with Crippen LogP contribution >= 0.6 is 0 Å². The van der Waals surface area contributed by atoms with Crippen molar-refractivity contribution in [1.29, 1.82) is 0 Å². The number of hydrogen-bond donors (Lipinski definition) is 0. The molecule has 1 rings (SSSR count). The van der Waals surface area contributed by atoms with Crippen LogP contribution in [0.15, 0.2) is 23.8 Å². The summed E-state index contributed by atoms with van der Waals surface area (Å²) < 4.78 is 0. The van der Waals surface area contributed by atoms with Gasteiger partial charge in [-0.3, -0.25) is 4.79 Å². The van der Waals surface area contributed by atoms with Crippen molar-refractivity contribution in [2.45, 2.75) is 19.8 Å². The SMILES string of the molecule is CCCC1=CC(=O)C=C1. The standard InChI is InChI=1S/C8H10O/c1-2-3-7-4-5-8(9)6-7/h4-6H,2-3H2,1H3. The molecule has 0 aromatic heterocycles. The Balaban J connectivity index is 2.53. The van der Waals surface area contributed by atoms with Crippen LogP contribution in [-0.2, 0) is 4.79 Å². The molecule has 9 heavy (non-hydrogen) atoms. The molecule has 0 spiro atoms. The van der Waals surface area contributed by atoms with Gasteiger partial charge in [0.05, 0.1) is 0 Å². The molecule has 0 aromatic carbocycles. The molecule has 48 valence electrons. The maximum Gasteiger partial charge on any atom is 0.178 e. The Kier molecular flexibility index (Phi) is 1.83. The van der Waals surface area contributed by atoms with Crippen molar-refractivity contribution >= 4 is 5.78 Å². The lowest BCUT2D eigenvalue weighted by Gasteiger charge is -1.89. The molecule has 1 heteroatoms. The molecule has 0 saturated carbocycles. The molecule has 0 unspecified atom stereocenters. The first-order chi connectivity index (χ1) is 4.33. The summed E-state index contributed by atoms with van der Waals surface area (Å²) in [7, 11) is 0. The zero-order chi connectivity index (χ0) is 6.69. The minimum absolute atomic E-state index is 0.137. The Labute approximate surface area is 55.1 Å². The molecule has 1 aliphatic carbocycles. The summed E-state index contributed by atoms with van der Waals surface area (Å²) >= 11 is 0. The summed E-state index contributed by atoms with van der Waals surface area (Å²) in [4.78, 5) is 10.6. The molecule has 0 saturated heterocycles. The van der Waals surface area contributed by atoms with Crippen molar-refractivity contribution in [3.05, 3.63) is 23.8 Å². The lowest BCUT2D eigenvalue weighted by molar-refractivity contribution is -0.110. The number of ketones is 1. The van der Waals surface area contributed by atoms with Crippen LogP contribution in [0.4, 0.5) is 0 Å². The van der Waals surface area contributed by atoms with E-state index in [4.69, 9.17) is 0 Å². The van der Waals surface area contributed by atoms with E-state index < -0.39 is 0 Å². The first-order valence-corrected chi connectivity index (χ1v) is 3.25. The molecular formula is C8H10O. The molecular weight excluding hydrogens is 112 g/mol. The first-order valence-electron chi connectivity index (χ1n) is 3.25. The molecule has 1 aliphatic rings. The normalized spacial score (nSPS) is 16.6. The smallest absolute Gasteiger partial charge is 0.178 e. The van der Waals surface area contributed by atoms with Crippen molar-refractivity contribution in [3.8, 4) is 0 Å². The Bertz CT molecular complexity index is 175. The van der Waals surface area contributed by atoms with Gasteiger partial charge in [-0.1, -0.05) is 19.4 Å². The van der Waals surface area contributed by atoms with Gasteiger partial charge in [-0.2, -0.15) is 0 Å². The summed E-state index contributed by atoms with van der Waals surface area (Å²) in [6.07, 6.45) is 7.35. The Morgan fingerprint density at radius 1 is 1.44 bits per heavy atom. The van der Waals surface area contributed by atoms with Crippen LogP contribution in [0.5, 0.6) is 0 Å². The highest BCUT2D eigenvalue weighted by molar-refractivity contribution is 6.03. The first kappa shape index (κ1) is 6.27. The van der Waals surface area contributed by atoms with E-state index in [2.05, 4.69) is 6.92 Å². The maximum atomic E-state index is 10.6. The zero-order valence-electron chi connectivity index (χ0n) is 5.55. The maximum absolute atomic E-state index is 10.6.